The molecule has 0 spiro atoms. The van der Waals surface area contributed by atoms with Gasteiger partial charge in [0.05, 0.1) is 25.6 Å². The molecule has 1 saturated carbocycles. The van der Waals surface area contributed by atoms with E-state index in [1.54, 1.807) is 43.3 Å². The minimum atomic E-state index is -4.30. The number of nitro benzene ring substituents is 1. The van der Waals surface area contributed by atoms with Gasteiger partial charge in [0.2, 0.25) is 11.8 Å². The van der Waals surface area contributed by atoms with E-state index in [1.165, 1.54) is 41.3 Å². The first kappa shape index (κ1) is 33.2. The van der Waals surface area contributed by atoms with E-state index in [2.05, 4.69) is 5.32 Å². The van der Waals surface area contributed by atoms with Gasteiger partial charge in [0.15, 0.2) is 0 Å². The molecule has 1 aliphatic rings. The Morgan fingerprint density at radius 1 is 0.977 bits per heavy atom. The van der Waals surface area contributed by atoms with Gasteiger partial charge in [-0.3, -0.25) is 24.0 Å². The lowest BCUT2D eigenvalue weighted by molar-refractivity contribution is -0.384. The zero-order valence-corrected chi connectivity index (χ0v) is 26.5. The van der Waals surface area contributed by atoms with E-state index in [1.807, 2.05) is 0 Å². The van der Waals surface area contributed by atoms with E-state index in [4.69, 9.17) is 23.2 Å². The van der Waals surface area contributed by atoms with Gasteiger partial charge in [0.1, 0.15) is 12.6 Å². The average molecular weight is 662 g/mol. The number of carbonyl (C=O) groups is 2. The number of carbonyl (C=O) groups excluding carboxylic acids is 2. The Hall–Kier alpha value is -3.67. The van der Waals surface area contributed by atoms with Crippen molar-refractivity contribution >= 4 is 56.4 Å². The maximum absolute atomic E-state index is 14.2. The Balaban J connectivity index is 1.72. The Labute approximate surface area is 267 Å². The molecule has 234 valence electrons. The molecule has 10 nitrogen and oxygen atoms in total. The van der Waals surface area contributed by atoms with Crippen LogP contribution in [0.2, 0.25) is 10.0 Å². The molecular formula is C31H34Cl2N4O6S. The van der Waals surface area contributed by atoms with Crippen LogP contribution in [0.4, 0.5) is 11.4 Å². The molecule has 0 radical (unpaired) electrons. The monoisotopic (exact) mass is 660 g/mol. The topological polar surface area (TPSA) is 130 Å². The third-order valence-corrected chi connectivity index (χ3v) is 10.2. The highest BCUT2D eigenvalue weighted by Gasteiger charge is 2.34. The number of non-ortho nitro benzene ring substituents is 1. The molecule has 2 amide bonds. The van der Waals surface area contributed by atoms with Crippen LogP contribution in [0.3, 0.4) is 0 Å². The maximum Gasteiger partial charge on any atom is 0.269 e. The van der Waals surface area contributed by atoms with Crippen molar-refractivity contribution in [2.45, 2.75) is 69.0 Å². The number of nitrogens with zero attached hydrogens (tertiary/aromatic N) is 3. The smallest absolute Gasteiger partial charge is 0.269 e. The van der Waals surface area contributed by atoms with Crippen LogP contribution in [0.25, 0.3) is 0 Å². The lowest BCUT2D eigenvalue weighted by Gasteiger charge is -2.34. The first-order valence-electron chi connectivity index (χ1n) is 14.4. The molecule has 44 heavy (non-hydrogen) atoms. The molecule has 1 fully saturated rings. The zero-order valence-electron chi connectivity index (χ0n) is 24.2. The van der Waals surface area contributed by atoms with E-state index in [-0.39, 0.29) is 46.2 Å². The summed E-state index contributed by atoms with van der Waals surface area (Å²) in [7, 11) is -4.30. The molecule has 0 saturated heterocycles. The Morgan fingerprint density at radius 3 is 2.23 bits per heavy atom. The first-order chi connectivity index (χ1) is 21.0. The van der Waals surface area contributed by atoms with Crippen LogP contribution in [0.1, 0.15) is 51.0 Å². The van der Waals surface area contributed by atoms with Crippen molar-refractivity contribution in [1.82, 2.24) is 10.2 Å². The number of halogens is 2. The van der Waals surface area contributed by atoms with Crippen molar-refractivity contribution in [2.75, 3.05) is 10.8 Å². The molecule has 3 aromatic rings. The second-order valence-electron chi connectivity index (χ2n) is 10.6. The second-order valence-corrected chi connectivity index (χ2v) is 13.3. The van der Waals surface area contributed by atoms with Crippen molar-refractivity contribution in [3.8, 4) is 0 Å². The third kappa shape index (κ3) is 8.08. The highest BCUT2D eigenvalue weighted by Crippen LogP contribution is 2.28. The fraction of sp³-hybridized carbons (Fsp3) is 0.355. The van der Waals surface area contributed by atoms with Crippen LogP contribution in [-0.2, 0) is 26.2 Å². The molecule has 13 heteroatoms. The van der Waals surface area contributed by atoms with Gasteiger partial charge < -0.3 is 10.2 Å². The number of amides is 2. The average Bonchev–Trinajstić information content (AvgIpc) is 3.02. The summed E-state index contributed by atoms with van der Waals surface area (Å²) >= 11 is 12.4. The summed E-state index contributed by atoms with van der Waals surface area (Å²) in [6, 6.07) is 16.5. The van der Waals surface area contributed by atoms with E-state index in [9.17, 15) is 28.1 Å². The van der Waals surface area contributed by atoms with Crippen molar-refractivity contribution in [2.24, 2.45) is 0 Å². The van der Waals surface area contributed by atoms with Gasteiger partial charge in [-0.2, -0.15) is 0 Å². The molecule has 4 rings (SSSR count). The largest absolute Gasteiger partial charge is 0.352 e. The van der Waals surface area contributed by atoms with Crippen LogP contribution in [0.5, 0.6) is 0 Å². The molecule has 3 aromatic carbocycles. The van der Waals surface area contributed by atoms with Crippen molar-refractivity contribution in [3.63, 3.8) is 0 Å². The lowest BCUT2D eigenvalue weighted by Crippen LogP contribution is -2.54. The predicted octanol–water partition coefficient (Wildman–Crippen LogP) is 6.35. The number of nitro groups is 1. The number of sulfonamides is 1. The number of hydrogen-bond acceptors (Lipinski definition) is 6. The molecular weight excluding hydrogens is 627 g/mol. The van der Waals surface area contributed by atoms with Crippen molar-refractivity contribution < 1.29 is 22.9 Å². The zero-order chi connectivity index (χ0) is 31.9. The van der Waals surface area contributed by atoms with Crippen LogP contribution < -0.4 is 9.62 Å². The summed E-state index contributed by atoms with van der Waals surface area (Å²) in [6.45, 7) is 1.09. The summed E-state index contributed by atoms with van der Waals surface area (Å²) < 4.78 is 28.7. The van der Waals surface area contributed by atoms with Gasteiger partial charge in [-0.05, 0) is 61.2 Å². The highest BCUT2D eigenvalue weighted by molar-refractivity contribution is 7.92. The lowest BCUT2D eigenvalue weighted by atomic mass is 9.95. The molecule has 1 aliphatic carbocycles. The minimum Gasteiger partial charge on any atom is -0.352 e. The van der Waals surface area contributed by atoms with Gasteiger partial charge in [-0.1, -0.05) is 73.7 Å². The Bertz CT molecular complexity index is 1580. The fourth-order valence-corrected chi connectivity index (χ4v) is 7.04. The van der Waals surface area contributed by atoms with E-state index in [0.29, 0.717) is 10.6 Å². The molecule has 0 unspecified atom stereocenters. The standard InChI is InChI=1S/C31H34Cl2N4O6S/c1-2-29(31(39)34-23-9-5-3-6-10-23)35(20-22-13-18-27(32)28(33)19-22)30(38)21-36(24-14-16-25(17-15-24)37(40)41)44(42,43)26-11-7-4-8-12-26/h4,7-8,11-19,23,29H,2-3,5-6,9-10,20-21H2,1H3,(H,34,39)/t29-/m1/s1. The molecule has 0 bridgehead atoms. The molecule has 0 aromatic heterocycles. The van der Waals surface area contributed by atoms with E-state index in [0.717, 1.165) is 36.4 Å². The Kier molecular flexibility index (Phi) is 11.2. The summed E-state index contributed by atoms with van der Waals surface area (Å²) in [5.41, 5.74) is 0.426. The number of rotatable bonds is 12. The molecule has 1 N–H and O–H groups in total. The fourth-order valence-electron chi connectivity index (χ4n) is 5.29. The summed E-state index contributed by atoms with van der Waals surface area (Å²) in [4.78, 5) is 39.8. The number of nitrogens with one attached hydrogen (secondary N) is 1. The summed E-state index contributed by atoms with van der Waals surface area (Å²) in [6.07, 6.45) is 5.11. The SMILES string of the molecule is CC[C@H](C(=O)NC1CCCCC1)N(Cc1ccc(Cl)c(Cl)c1)C(=O)CN(c1ccc([N+](=O)[O-])cc1)S(=O)(=O)c1ccccc1. The molecule has 1 atom stereocenters. The van der Waals surface area contributed by atoms with Crippen LogP contribution in [0.15, 0.2) is 77.7 Å². The van der Waals surface area contributed by atoms with E-state index < -0.39 is 33.4 Å². The van der Waals surface area contributed by atoms with Gasteiger partial charge >= 0.3 is 0 Å². The number of hydrogen-bond donors (Lipinski definition) is 1. The van der Waals surface area contributed by atoms with Crippen molar-refractivity contribution in [1.29, 1.82) is 0 Å². The van der Waals surface area contributed by atoms with Gasteiger partial charge in [0.25, 0.3) is 15.7 Å². The Morgan fingerprint density at radius 2 is 1.64 bits per heavy atom. The maximum atomic E-state index is 14.2. The predicted molar refractivity (Wildman–Crippen MR) is 170 cm³/mol. The summed E-state index contributed by atoms with van der Waals surface area (Å²) in [5.74, 6) is -0.958. The summed E-state index contributed by atoms with van der Waals surface area (Å²) in [5, 5.41) is 15.0. The molecule has 0 aliphatic heterocycles. The van der Waals surface area contributed by atoms with Crippen molar-refractivity contribution in [3.05, 3.63) is 98.5 Å². The normalized spacial score (nSPS) is 14.4. The molecule has 0 heterocycles. The van der Waals surface area contributed by atoms with Crippen LogP contribution >= 0.6 is 23.2 Å². The van der Waals surface area contributed by atoms with E-state index >= 15 is 0 Å². The number of benzene rings is 3. The number of anilines is 1. The first-order valence-corrected chi connectivity index (χ1v) is 16.6. The van der Waals surface area contributed by atoms with Crippen LogP contribution in [0, 0.1) is 10.1 Å². The van der Waals surface area contributed by atoms with Crippen LogP contribution in [-0.4, -0.2) is 48.7 Å². The third-order valence-electron chi connectivity index (χ3n) is 7.63. The van der Waals surface area contributed by atoms with Gasteiger partial charge in [0, 0.05) is 24.7 Å². The van der Waals surface area contributed by atoms with Gasteiger partial charge in [-0.25, -0.2) is 8.42 Å². The second kappa shape index (κ2) is 14.9. The quantitative estimate of drug-likeness (QED) is 0.178. The highest BCUT2D eigenvalue weighted by atomic mass is 35.5. The minimum absolute atomic E-state index is 0.00212. The van der Waals surface area contributed by atoms with Gasteiger partial charge in [-0.15, -0.1) is 0 Å².